The third-order valence-electron chi connectivity index (χ3n) is 4.35. The smallest absolute Gasteiger partial charge is 0.174 e. The lowest BCUT2D eigenvalue weighted by Gasteiger charge is -2.30. The topological polar surface area (TPSA) is 89.2 Å². The van der Waals surface area contributed by atoms with Gasteiger partial charge in [-0.25, -0.2) is 4.99 Å². The summed E-state index contributed by atoms with van der Waals surface area (Å²) in [5.74, 6) is 0.364. The van der Waals surface area contributed by atoms with E-state index in [-0.39, 0.29) is 0 Å². The van der Waals surface area contributed by atoms with E-state index in [4.69, 9.17) is 27.6 Å². The number of halogens is 1. The van der Waals surface area contributed by atoms with Crippen LogP contribution in [0.25, 0.3) is 5.70 Å². The van der Waals surface area contributed by atoms with Crippen LogP contribution in [0.15, 0.2) is 70.3 Å². The first kappa shape index (κ1) is 17.2. The van der Waals surface area contributed by atoms with Gasteiger partial charge in [-0.3, -0.25) is 4.90 Å². The molecule has 0 fully saturated rings. The van der Waals surface area contributed by atoms with Crippen molar-refractivity contribution in [2.24, 2.45) is 10.7 Å². The van der Waals surface area contributed by atoms with Crippen LogP contribution in [0.3, 0.4) is 0 Å². The summed E-state index contributed by atoms with van der Waals surface area (Å²) in [7, 11) is 0. The number of nitrogens with zero attached hydrogens (tertiary/aromatic N) is 4. The van der Waals surface area contributed by atoms with E-state index < -0.39 is 6.04 Å². The summed E-state index contributed by atoms with van der Waals surface area (Å²) in [4.78, 5) is 6.54. The molecule has 0 aromatic heterocycles. The first-order valence-electron chi connectivity index (χ1n) is 8.03. The van der Waals surface area contributed by atoms with E-state index >= 15 is 0 Å². The zero-order chi connectivity index (χ0) is 19.0. The molecule has 7 heteroatoms. The minimum atomic E-state index is -0.459. The lowest BCUT2D eigenvalue weighted by atomic mass is 9.98. The lowest BCUT2D eigenvalue weighted by Crippen LogP contribution is -2.33. The van der Waals surface area contributed by atoms with Gasteiger partial charge in [-0.1, -0.05) is 47.6 Å². The van der Waals surface area contributed by atoms with Gasteiger partial charge in [-0.2, -0.15) is 10.5 Å². The molecule has 0 aliphatic carbocycles. The summed E-state index contributed by atoms with van der Waals surface area (Å²) >= 11 is 7.43. The van der Waals surface area contributed by atoms with Gasteiger partial charge in [0.25, 0.3) is 0 Å². The lowest BCUT2D eigenvalue weighted by molar-refractivity contribution is 0.651. The molecule has 2 aliphatic heterocycles. The van der Waals surface area contributed by atoms with Crippen LogP contribution in [-0.4, -0.2) is 10.1 Å². The SMILES string of the molecule is N#CC1=C(N)N2C(c3ccc(C#N)cc3)=CSC2=NC1c1ccc(Cl)cc1. The Morgan fingerprint density at radius 1 is 1.04 bits per heavy atom. The summed E-state index contributed by atoms with van der Waals surface area (Å²) < 4.78 is 0. The number of fused-ring (bicyclic) bond motifs is 1. The number of nitriles is 2. The Hall–Kier alpha value is -3.19. The van der Waals surface area contributed by atoms with Crippen molar-refractivity contribution in [2.45, 2.75) is 6.04 Å². The van der Waals surface area contributed by atoms with Crippen molar-refractivity contribution in [3.63, 3.8) is 0 Å². The Balaban J connectivity index is 1.74. The van der Waals surface area contributed by atoms with E-state index in [1.807, 2.05) is 29.7 Å². The van der Waals surface area contributed by atoms with E-state index in [0.29, 0.717) is 27.1 Å². The summed E-state index contributed by atoms with van der Waals surface area (Å²) in [6.07, 6.45) is 0. The molecular formula is C20H12ClN5S. The maximum Gasteiger partial charge on any atom is 0.174 e. The molecule has 2 aromatic carbocycles. The molecule has 1 unspecified atom stereocenters. The number of aliphatic imine (C=N–C) groups is 1. The molecule has 2 heterocycles. The predicted molar refractivity (Wildman–Crippen MR) is 107 cm³/mol. The van der Waals surface area contributed by atoms with Gasteiger partial charge < -0.3 is 5.73 Å². The molecule has 1 atom stereocenters. The summed E-state index contributed by atoms with van der Waals surface area (Å²) in [6.45, 7) is 0. The molecule has 0 spiro atoms. The van der Waals surface area contributed by atoms with Crippen molar-refractivity contribution < 1.29 is 0 Å². The van der Waals surface area contributed by atoms with Crippen LogP contribution in [0.2, 0.25) is 5.02 Å². The molecule has 0 saturated heterocycles. The Kier molecular flexibility index (Phi) is 4.37. The Labute approximate surface area is 165 Å². The van der Waals surface area contributed by atoms with Crippen molar-refractivity contribution in [2.75, 3.05) is 0 Å². The van der Waals surface area contributed by atoms with Crippen molar-refractivity contribution in [3.8, 4) is 12.1 Å². The molecule has 2 aliphatic rings. The first-order valence-corrected chi connectivity index (χ1v) is 9.28. The Morgan fingerprint density at radius 3 is 2.37 bits per heavy atom. The van der Waals surface area contributed by atoms with Gasteiger partial charge in [-0.05, 0) is 35.4 Å². The molecule has 0 radical (unpaired) electrons. The maximum absolute atomic E-state index is 9.72. The average molecular weight is 390 g/mol. The van der Waals surface area contributed by atoms with Crippen molar-refractivity contribution in [3.05, 3.63) is 87.0 Å². The Morgan fingerprint density at radius 2 is 1.74 bits per heavy atom. The van der Waals surface area contributed by atoms with Crippen molar-refractivity contribution in [1.82, 2.24) is 4.90 Å². The second kappa shape index (κ2) is 6.85. The fourth-order valence-corrected chi connectivity index (χ4v) is 4.04. The van der Waals surface area contributed by atoms with E-state index in [9.17, 15) is 5.26 Å². The van der Waals surface area contributed by atoms with E-state index in [2.05, 4.69) is 12.1 Å². The molecule has 27 heavy (non-hydrogen) atoms. The summed E-state index contributed by atoms with van der Waals surface area (Å²) in [6, 6.07) is 18.3. The highest BCUT2D eigenvalue weighted by Crippen LogP contribution is 2.42. The highest BCUT2D eigenvalue weighted by molar-refractivity contribution is 8.16. The van der Waals surface area contributed by atoms with Gasteiger partial charge >= 0.3 is 0 Å². The van der Waals surface area contributed by atoms with Gasteiger partial charge in [0.15, 0.2) is 5.17 Å². The van der Waals surface area contributed by atoms with E-state index in [0.717, 1.165) is 16.8 Å². The van der Waals surface area contributed by atoms with Crippen LogP contribution in [0.5, 0.6) is 0 Å². The van der Waals surface area contributed by atoms with Crippen LogP contribution < -0.4 is 5.73 Å². The number of nitrogens with two attached hydrogens (primary N) is 1. The van der Waals surface area contributed by atoms with Crippen LogP contribution >= 0.6 is 23.4 Å². The quantitative estimate of drug-likeness (QED) is 0.823. The number of rotatable bonds is 2. The van der Waals surface area contributed by atoms with Gasteiger partial charge in [-0.15, -0.1) is 0 Å². The average Bonchev–Trinajstić information content (AvgIpc) is 3.13. The highest BCUT2D eigenvalue weighted by atomic mass is 35.5. The second-order valence-electron chi connectivity index (χ2n) is 5.92. The maximum atomic E-state index is 9.72. The van der Waals surface area contributed by atoms with Crippen molar-refractivity contribution in [1.29, 1.82) is 10.5 Å². The third kappa shape index (κ3) is 2.96. The van der Waals surface area contributed by atoms with E-state index in [1.54, 1.807) is 29.2 Å². The number of thioether (sulfide) groups is 1. The monoisotopic (exact) mass is 389 g/mol. The zero-order valence-electron chi connectivity index (χ0n) is 13.9. The van der Waals surface area contributed by atoms with Crippen molar-refractivity contribution >= 4 is 34.2 Å². The fraction of sp³-hybridized carbons (Fsp3) is 0.0500. The van der Waals surface area contributed by atoms with Gasteiger partial charge in [0.05, 0.1) is 22.9 Å². The minimum absolute atomic E-state index is 0.364. The van der Waals surface area contributed by atoms with Crippen LogP contribution in [0.4, 0.5) is 0 Å². The molecule has 2 aromatic rings. The van der Waals surface area contributed by atoms with Crippen LogP contribution in [0, 0.1) is 22.7 Å². The number of hydrogen-bond acceptors (Lipinski definition) is 6. The number of amidine groups is 1. The molecule has 4 rings (SSSR count). The molecule has 0 bridgehead atoms. The highest BCUT2D eigenvalue weighted by Gasteiger charge is 2.35. The summed E-state index contributed by atoms with van der Waals surface area (Å²) in [5.41, 5.74) is 9.96. The zero-order valence-corrected chi connectivity index (χ0v) is 15.5. The molecule has 5 nitrogen and oxygen atoms in total. The molecular weight excluding hydrogens is 378 g/mol. The Bertz CT molecular complexity index is 1090. The first-order chi connectivity index (χ1) is 13.1. The molecule has 0 saturated carbocycles. The normalized spacial score (nSPS) is 18.3. The fourth-order valence-electron chi connectivity index (χ4n) is 2.99. The predicted octanol–water partition coefficient (Wildman–Crippen LogP) is 4.36. The van der Waals surface area contributed by atoms with Crippen LogP contribution in [-0.2, 0) is 0 Å². The molecule has 0 amide bonds. The number of hydrogen-bond donors (Lipinski definition) is 1. The standard InChI is InChI=1S/C20H12ClN5S/c21-15-7-5-14(6-8-15)18-16(10-23)19(24)26-17(11-27-20(26)25-18)13-3-1-12(9-22)2-4-13/h1-8,11,18H,24H2. The number of benzene rings is 2. The molecule has 2 N–H and O–H groups in total. The second-order valence-corrected chi connectivity index (χ2v) is 7.19. The summed E-state index contributed by atoms with van der Waals surface area (Å²) in [5, 5.41) is 22.0. The van der Waals surface area contributed by atoms with Gasteiger partial charge in [0.2, 0.25) is 0 Å². The van der Waals surface area contributed by atoms with E-state index in [1.165, 1.54) is 11.8 Å². The minimum Gasteiger partial charge on any atom is -0.384 e. The largest absolute Gasteiger partial charge is 0.384 e. The van der Waals surface area contributed by atoms with Gasteiger partial charge in [0, 0.05) is 10.4 Å². The van der Waals surface area contributed by atoms with Crippen LogP contribution in [0.1, 0.15) is 22.7 Å². The third-order valence-corrected chi connectivity index (χ3v) is 5.45. The van der Waals surface area contributed by atoms with Gasteiger partial charge in [0.1, 0.15) is 17.9 Å². The molecule has 130 valence electrons.